The molecule has 0 aromatic heterocycles. The van der Waals surface area contributed by atoms with E-state index in [1.807, 2.05) is 66.7 Å². The van der Waals surface area contributed by atoms with Crippen LogP contribution in [-0.2, 0) is 38.1 Å². The molecule has 256 valence electrons. The molecular formula is C37H41BrO8S2. The van der Waals surface area contributed by atoms with Crippen LogP contribution in [0.2, 0.25) is 0 Å². The van der Waals surface area contributed by atoms with E-state index in [-0.39, 0.29) is 30.9 Å². The molecule has 3 aromatic carbocycles. The van der Waals surface area contributed by atoms with Crippen molar-refractivity contribution in [3.63, 3.8) is 0 Å². The van der Waals surface area contributed by atoms with Gasteiger partial charge in [-0.1, -0.05) is 138 Å². The molecular weight excluding hydrogens is 716 g/mol. The van der Waals surface area contributed by atoms with Gasteiger partial charge in [0.15, 0.2) is 0 Å². The highest BCUT2D eigenvalue weighted by atomic mass is 79.9. The quantitative estimate of drug-likeness (QED) is 0.0449. The number of halogens is 1. The summed E-state index contributed by atoms with van der Waals surface area (Å²) < 4.78 is 21.7. The fourth-order valence-electron chi connectivity index (χ4n) is 5.19. The third-order valence-corrected chi connectivity index (χ3v) is 10.4. The highest BCUT2D eigenvalue weighted by Gasteiger charge is 2.44. The Kier molecular flexibility index (Phi) is 15.8. The van der Waals surface area contributed by atoms with Crippen molar-refractivity contribution in [2.45, 2.75) is 49.1 Å². The fraction of sp³-hybridized carbons (Fsp3) is 0.378. The van der Waals surface area contributed by atoms with E-state index in [2.05, 4.69) is 15.9 Å². The topological polar surface area (TPSA) is 105 Å². The Morgan fingerprint density at radius 1 is 0.750 bits per heavy atom. The molecule has 0 radical (unpaired) electrons. The van der Waals surface area contributed by atoms with Gasteiger partial charge in [-0.3, -0.25) is 19.2 Å². The van der Waals surface area contributed by atoms with Crippen LogP contribution >= 0.6 is 39.9 Å². The minimum Gasteiger partial charge on any atom is -0.469 e. The Morgan fingerprint density at radius 2 is 1.27 bits per heavy atom. The van der Waals surface area contributed by atoms with Crippen LogP contribution < -0.4 is 0 Å². The van der Waals surface area contributed by atoms with Crippen LogP contribution in [0.25, 0.3) is 0 Å². The van der Waals surface area contributed by atoms with E-state index in [0.29, 0.717) is 16.2 Å². The van der Waals surface area contributed by atoms with Gasteiger partial charge in [0, 0.05) is 4.83 Å². The Morgan fingerprint density at radius 3 is 1.81 bits per heavy atom. The van der Waals surface area contributed by atoms with Crippen LogP contribution in [0.3, 0.4) is 0 Å². The van der Waals surface area contributed by atoms with Crippen molar-refractivity contribution in [1.29, 1.82) is 0 Å². The first-order valence-electron chi connectivity index (χ1n) is 15.5. The van der Waals surface area contributed by atoms with Crippen molar-refractivity contribution in [1.82, 2.24) is 0 Å². The van der Waals surface area contributed by atoms with Gasteiger partial charge in [-0.25, -0.2) is 0 Å². The van der Waals surface area contributed by atoms with Crippen LogP contribution in [0.1, 0.15) is 60.5 Å². The second-order valence-electron chi connectivity index (χ2n) is 11.6. The number of hydrogen-bond donors (Lipinski definition) is 0. The third-order valence-electron chi connectivity index (χ3n) is 7.87. The molecule has 5 unspecified atom stereocenters. The molecule has 11 heteroatoms. The SMILES string of the molecule is COC(=O)C(CC(C)(CC(SC(=S)c1ccccc1)C(=O)OCCOC(=O)C(C)CC(Br)c1ccccc1)C(=O)OC)c1ccccc1. The van der Waals surface area contributed by atoms with Gasteiger partial charge < -0.3 is 18.9 Å². The maximum absolute atomic E-state index is 13.6. The van der Waals surface area contributed by atoms with Crippen molar-refractivity contribution in [3.8, 4) is 0 Å². The van der Waals surface area contributed by atoms with Crippen LogP contribution in [0.5, 0.6) is 0 Å². The van der Waals surface area contributed by atoms with Gasteiger partial charge in [-0.2, -0.15) is 0 Å². The standard InChI is InChI=1S/C37H41BrO8S2/c1-25(22-30(38)27-16-10-6-11-17-27)32(39)45-20-21-46-34(41)31(48-35(47)28-18-12-7-13-19-28)24-37(2,36(42)44-4)23-29(33(40)43-3)26-14-8-5-9-15-26/h5-19,25,29-31H,20-24H2,1-4H3. The monoisotopic (exact) mass is 756 g/mol. The van der Waals surface area contributed by atoms with Gasteiger partial charge in [-0.15, -0.1) is 0 Å². The fourth-order valence-corrected chi connectivity index (χ4v) is 7.69. The van der Waals surface area contributed by atoms with E-state index in [1.54, 1.807) is 38.1 Å². The highest BCUT2D eigenvalue weighted by molar-refractivity contribution is 9.09. The molecule has 0 aliphatic carbocycles. The van der Waals surface area contributed by atoms with Crippen LogP contribution in [0.4, 0.5) is 0 Å². The van der Waals surface area contributed by atoms with Crippen molar-refractivity contribution < 1.29 is 38.1 Å². The van der Waals surface area contributed by atoms with E-state index in [9.17, 15) is 19.2 Å². The minimum atomic E-state index is -1.32. The van der Waals surface area contributed by atoms with Crippen LogP contribution in [0.15, 0.2) is 91.0 Å². The summed E-state index contributed by atoms with van der Waals surface area (Å²) in [6, 6.07) is 27.9. The lowest BCUT2D eigenvalue weighted by Gasteiger charge is -2.32. The molecule has 0 heterocycles. The molecule has 0 aliphatic heterocycles. The largest absolute Gasteiger partial charge is 0.469 e. The number of esters is 4. The molecule has 8 nitrogen and oxygen atoms in total. The highest BCUT2D eigenvalue weighted by Crippen LogP contribution is 2.41. The molecule has 48 heavy (non-hydrogen) atoms. The molecule has 0 aliphatic rings. The Hall–Kier alpha value is -3.54. The number of methoxy groups -OCH3 is 2. The van der Waals surface area contributed by atoms with Gasteiger partial charge in [0.1, 0.15) is 18.5 Å². The average Bonchev–Trinajstić information content (AvgIpc) is 3.12. The molecule has 0 fully saturated rings. The zero-order valence-corrected chi connectivity index (χ0v) is 30.7. The second kappa shape index (κ2) is 19.5. The number of thioether (sulfide) groups is 1. The molecule has 0 bridgehead atoms. The lowest BCUT2D eigenvalue weighted by Crippen LogP contribution is -2.38. The maximum atomic E-state index is 13.6. The number of alkyl halides is 1. The van der Waals surface area contributed by atoms with Crippen LogP contribution in [-0.4, -0.2) is 60.8 Å². The predicted octanol–water partition coefficient (Wildman–Crippen LogP) is 7.63. The molecule has 0 spiro atoms. The number of carbonyl (C=O) groups is 4. The maximum Gasteiger partial charge on any atom is 0.319 e. The first-order chi connectivity index (χ1) is 23.0. The Labute approximate surface area is 300 Å². The van der Waals surface area contributed by atoms with Crippen molar-refractivity contribution in [2.24, 2.45) is 11.3 Å². The summed E-state index contributed by atoms with van der Waals surface area (Å²) in [5.41, 5.74) is 1.13. The zero-order chi connectivity index (χ0) is 35.1. The number of benzene rings is 3. The molecule has 0 saturated heterocycles. The zero-order valence-electron chi connectivity index (χ0n) is 27.5. The Balaban J connectivity index is 1.74. The average molecular weight is 758 g/mol. The lowest BCUT2D eigenvalue weighted by atomic mass is 9.75. The number of hydrogen-bond acceptors (Lipinski definition) is 10. The smallest absolute Gasteiger partial charge is 0.319 e. The minimum absolute atomic E-state index is 0.00580. The van der Waals surface area contributed by atoms with Crippen molar-refractivity contribution >= 4 is 68.0 Å². The molecule has 3 rings (SSSR count). The summed E-state index contributed by atoms with van der Waals surface area (Å²) in [4.78, 5) is 52.6. The summed E-state index contributed by atoms with van der Waals surface area (Å²) in [7, 11) is 2.55. The first-order valence-corrected chi connectivity index (χ1v) is 17.7. The summed E-state index contributed by atoms with van der Waals surface area (Å²) >= 11 is 10.4. The summed E-state index contributed by atoms with van der Waals surface area (Å²) in [5.74, 6) is -3.36. The first kappa shape index (κ1) is 38.9. The van der Waals surface area contributed by atoms with E-state index in [1.165, 1.54) is 14.2 Å². The Bertz CT molecular complexity index is 1510. The van der Waals surface area contributed by atoms with Crippen molar-refractivity contribution in [2.75, 3.05) is 27.4 Å². The number of ether oxygens (including phenoxy) is 4. The van der Waals surface area contributed by atoms with E-state index >= 15 is 0 Å². The van der Waals surface area contributed by atoms with Gasteiger partial charge in [0.25, 0.3) is 0 Å². The summed E-state index contributed by atoms with van der Waals surface area (Å²) in [5, 5.41) is -0.953. The van der Waals surface area contributed by atoms with Gasteiger partial charge in [-0.05, 0) is 42.9 Å². The summed E-state index contributed by atoms with van der Waals surface area (Å²) in [6.07, 6.45) is 0.477. The number of carbonyl (C=O) groups excluding carboxylic acids is 4. The van der Waals surface area contributed by atoms with Gasteiger partial charge in [0.2, 0.25) is 0 Å². The molecule has 0 amide bonds. The molecule has 5 atom stereocenters. The van der Waals surface area contributed by atoms with E-state index in [0.717, 1.165) is 22.9 Å². The van der Waals surface area contributed by atoms with Crippen molar-refractivity contribution in [3.05, 3.63) is 108 Å². The number of thiocarbonyl (C=S) groups is 1. The summed E-state index contributed by atoms with van der Waals surface area (Å²) in [6.45, 7) is 3.11. The molecule has 0 saturated carbocycles. The third kappa shape index (κ3) is 11.6. The van der Waals surface area contributed by atoms with Gasteiger partial charge in [0.05, 0.1) is 35.7 Å². The van der Waals surface area contributed by atoms with Crippen LogP contribution in [0, 0.1) is 11.3 Å². The van der Waals surface area contributed by atoms with E-state index < -0.39 is 46.4 Å². The number of rotatable bonds is 17. The van der Waals surface area contributed by atoms with Gasteiger partial charge >= 0.3 is 23.9 Å². The van der Waals surface area contributed by atoms with E-state index in [4.69, 9.17) is 31.2 Å². The molecule has 0 N–H and O–H groups in total. The lowest BCUT2D eigenvalue weighted by molar-refractivity contribution is -0.157. The predicted molar refractivity (Wildman–Crippen MR) is 194 cm³/mol. The normalized spacial score (nSPS) is 14.7. The second-order valence-corrected chi connectivity index (χ2v) is 14.5. The molecule has 3 aromatic rings.